The van der Waals surface area contributed by atoms with Crippen LogP contribution in [0.1, 0.15) is 30.8 Å². The van der Waals surface area contributed by atoms with Crippen LogP contribution in [-0.2, 0) is 6.42 Å². The third-order valence-corrected chi connectivity index (χ3v) is 3.70. The molecule has 0 aliphatic carbocycles. The predicted molar refractivity (Wildman–Crippen MR) is 84.2 cm³/mol. The van der Waals surface area contributed by atoms with Crippen LogP contribution < -0.4 is 15.9 Å². The molecule has 118 valence electrons. The van der Waals surface area contributed by atoms with Crippen LogP contribution in [0.3, 0.4) is 0 Å². The molecule has 0 unspecified atom stereocenters. The minimum atomic E-state index is -0.278. The molecule has 0 saturated carbocycles. The lowest BCUT2D eigenvalue weighted by atomic mass is 10.1. The summed E-state index contributed by atoms with van der Waals surface area (Å²) >= 11 is 0. The summed E-state index contributed by atoms with van der Waals surface area (Å²) in [6, 6.07) is 1.93. The van der Waals surface area contributed by atoms with E-state index in [2.05, 4.69) is 35.4 Å². The Morgan fingerprint density at radius 3 is 2.82 bits per heavy atom. The first-order valence-electron chi connectivity index (χ1n) is 7.69. The summed E-state index contributed by atoms with van der Waals surface area (Å²) in [6.45, 7) is 4.68. The van der Waals surface area contributed by atoms with Gasteiger partial charge in [-0.1, -0.05) is 0 Å². The zero-order chi connectivity index (χ0) is 15.4. The SMILES string of the molecule is Cc1cc(NCCc2n[nH]c(=O)[nH]2)nc(N2CCCCC2)n1. The van der Waals surface area contributed by atoms with E-state index in [0.29, 0.717) is 18.8 Å². The van der Waals surface area contributed by atoms with Gasteiger partial charge in [-0.05, 0) is 26.2 Å². The first-order valence-corrected chi connectivity index (χ1v) is 7.69. The second-order valence-corrected chi connectivity index (χ2v) is 5.54. The highest BCUT2D eigenvalue weighted by Gasteiger charge is 2.14. The van der Waals surface area contributed by atoms with E-state index >= 15 is 0 Å². The number of aromatic amines is 2. The average molecular weight is 303 g/mol. The van der Waals surface area contributed by atoms with Crippen molar-refractivity contribution >= 4 is 11.8 Å². The number of hydrogen-bond acceptors (Lipinski definition) is 6. The number of aromatic nitrogens is 5. The molecule has 0 radical (unpaired) electrons. The molecule has 0 aromatic carbocycles. The molecule has 2 aromatic heterocycles. The van der Waals surface area contributed by atoms with Gasteiger partial charge in [-0.25, -0.2) is 14.9 Å². The summed E-state index contributed by atoms with van der Waals surface area (Å²) in [5.41, 5.74) is 0.673. The first-order chi connectivity index (χ1) is 10.7. The molecule has 22 heavy (non-hydrogen) atoms. The molecule has 1 fully saturated rings. The van der Waals surface area contributed by atoms with Gasteiger partial charge in [-0.2, -0.15) is 10.1 Å². The second-order valence-electron chi connectivity index (χ2n) is 5.54. The van der Waals surface area contributed by atoms with E-state index in [0.717, 1.165) is 30.5 Å². The van der Waals surface area contributed by atoms with Crippen molar-refractivity contribution in [1.82, 2.24) is 25.1 Å². The summed E-state index contributed by atoms with van der Waals surface area (Å²) in [7, 11) is 0. The highest BCUT2D eigenvalue weighted by atomic mass is 16.1. The van der Waals surface area contributed by atoms with Crippen molar-refractivity contribution in [2.24, 2.45) is 0 Å². The molecule has 3 rings (SSSR count). The molecule has 3 N–H and O–H groups in total. The van der Waals surface area contributed by atoms with E-state index in [1.807, 2.05) is 13.0 Å². The van der Waals surface area contributed by atoms with Crippen LogP contribution in [0.4, 0.5) is 11.8 Å². The van der Waals surface area contributed by atoms with Crippen molar-refractivity contribution in [2.75, 3.05) is 29.9 Å². The summed E-state index contributed by atoms with van der Waals surface area (Å²) in [5.74, 6) is 2.25. The van der Waals surface area contributed by atoms with Gasteiger partial charge in [0.05, 0.1) is 0 Å². The van der Waals surface area contributed by atoms with E-state index < -0.39 is 0 Å². The molecule has 1 aliphatic rings. The maximum atomic E-state index is 11.0. The van der Waals surface area contributed by atoms with E-state index in [9.17, 15) is 4.79 Å². The molecule has 3 heterocycles. The van der Waals surface area contributed by atoms with E-state index in [4.69, 9.17) is 0 Å². The third-order valence-electron chi connectivity index (χ3n) is 3.70. The summed E-state index contributed by atoms with van der Waals surface area (Å²) in [4.78, 5) is 25.0. The number of anilines is 2. The highest BCUT2D eigenvalue weighted by Crippen LogP contribution is 2.18. The first kappa shape index (κ1) is 14.6. The smallest absolute Gasteiger partial charge is 0.340 e. The second kappa shape index (κ2) is 6.59. The van der Waals surface area contributed by atoms with Gasteiger partial charge in [0.1, 0.15) is 11.6 Å². The molecule has 0 atom stereocenters. The third kappa shape index (κ3) is 3.63. The van der Waals surface area contributed by atoms with Crippen molar-refractivity contribution in [1.29, 1.82) is 0 Å². The Labute approximate surface area is 128 Å². The van der Waals surface area contributed by atoms with Gasteiger partial charge < -0.3 is 10.2 Å². The molecule has 0 spiro atoms. The molecule has 8 heteroatoms. The molecule has 1 aliphatic heterocycles. The molecule has 8 nitrogen and oxygen atoms in total. The van der Waals surface area contributed by atoms with E-state index in [1.165, 1.54) is 19.3 Å². The van der Waals surface area contributed by atoms with Gasteiger partial charge in [-0.15, -0.1) is 0 Å². The standard InChI is InChI=1S/C14H21N7O/c1-10-9-12(15-6-5-11-18-14(22)20-19-11)17-13(16-10)21-7-3-2-4-8-21/h9H,2-8H2,1H3,(H,15,16,17)(H2,18,19,20,22). The average Bonchev–Trinajstić information content (AvgIpc) is 2.93. The Hall–Kier alpha value is -2.38. The topological polar surface area (TPSA) is 103 Å². The van der Waals surface area contributed by atoms with Gasteiger partial charge in [0.25, 0.3) is 0 Å². The largest absolute Gasteiger partial charge is 0.369 e. The van der Waals surface area contributed by atoms with Gasteiger partial charge in [0.2, 0.25) is 5.95 Å². The van der Waals surface area contributed by atoms with Crippen LogP contribution in [-0.4, -0.2) is 44.8 Å². The van der Waals surface area contributed by atoms with Crippen LogP contribution in [0.2, 0.25) is 0 Å². The summed E-state index contributed by atoms with van der Waals surface area (Å²) in [6.07, 6.45) is 4.31. The van der Waals surface area contributed by atoms with Crippen LogP contribution >= 0.6 is 0 Å². The Kier molecular flexibility index (Phi) is 4.36. The molecule has 0 amide bonds. The van der Waals surface area contributed by atoms with Crippen LogP contribution in [0.15, 0.2) is 10.9 Å². The molecular formula is C14H21N7O. The van der Waals surface area contributed by atoms with Gasteiger partial charge in [-0.3, -0.25) is 4.98 Å². The number of hydrogen-bond donors (Lipinski definition) is 3. The number of aryl methyl sites for hydroxylation is 1. The number of nitrogens with one attached hydrogen (secondary N) is 3. The minimum absolute atomic E-state index is 0.278. The number of H-pyrrole nitrogens is 2. The maximum absolute atomic E-state index is 11.0. The van der Waals surface area contributed by atoms with E-state index in [-0.39, 0.29) is 5.69 Å². The Morgan fingerprint density at radius 1 is 1.27 bits per heavy atom. The van der Waals surface area contributed by atoms with Gasteiger partial charge >= 0.3 is 5.69 Å². The summed E-state index contributed by atoms with van der Waals surface area (Å²) < 4.78 is 0. The van der Waals surface area contributed by atoms with Crippen molar-refractivity contribution in [3.8, 4) is 0 Å². The lowest BCUT2D eigenvalue weighted by Crippen LogP contribution is -2.31. The summed E-state index contributed by atoms with van der Waals surface area (Å²) in [5, 5.41) is 9.51. The lowest BCUT2D eigenvalue weighted by molar-refractivity contribution is 0.568. The monoisotopic (exact) mass is 303 g/mol. The quantitative estimate of drug-likeness (QED) is 0.756. The van der Waals surface area contributed by atoms with Crippen LogP contribution in [0.25, 0.3) is 0 Å². The number of nitrogens with zero attached hydrogens (tertiary/aromatic N) is 4. The highest BCUT2D eigenvalue weighted by molar-refractivity contribution is 5.43. The van der Waals surface area contributed by atoms with Crippen molar-refractivity contribution < 1.29 is 0 Å². The number of rotatable bonds is 5. The fourth-order valence-electron chi connectivity index (χ4n) is 2.61. The normalized spacial score (nSPS) is 15.0. The molecule has 1 saturated heterocycles. The van der Waals surface area contributed by atoms with Crippen molar-refractivity contribution in [3.63, 3.8) is 0 Å². The van der Waals surface area contributed by atoms with Crippen molar-refractivity contribution in [3.05, 3.63) is 28.1 Å². The van der Waals surface area contributed by atoms with Crippen molar-refractivity contribution in [2.45, 2.75) is 32.6 Å². The fourth-order valence-corrected chi connectivity index (χ4v) is 2.61. The molecular weight excluding hydrogens is 282 g/mol. The molecule has 2 aromatic rings. The Morgan fingerprint density at radius 2 is 2.09 bits per heavy atom. The van der Waals surface area contributed by atoms with Gasteiger partial charge in [0.15, 0.2) is 0 Å². The minimum Gasteiger partial charge on any atom is -0.369 e. The maximum Gasteiger partial charge on any atom is 0.340 e. The number of piperidine rings is 1. The molecule has 0 bridgehead atoms. The lowest BCUT2D eigenvalue weighted by Gasteiger charge is -2.27. The zero-order valence-electron chi connectivity index (χ0n) is 12.7. The predicted octanol–water partition coefficient (Wildman–Crippen LogP) is 0.841. The Bertz CT molecular complexity index is 672. The zero-order valence-corrected chi connectivity index (χ0v) is 12.7. The van der Waals surface area contributed by atoms with Crippen LogP contribution in [0, 0.1) is 6.92 Å². The van der Waals surface area contributed by atoms with E-state index in [1.54, 1.807) is 0 Å². The van der Waals surface area contributed by atoms with Gasteiger partial charge in [0, 0.05) is 37.8 Å². The Balaban J connectivity index is 1.62. The van der Waals surface area contributed by atoms with Crippen LogP contribution in [0.5, 0.6) is 0 Å². The fraction of sp³-hybridized carbons (Fsp3) is 0.571.